The van der Waals surface area contributed by atoms with E-state index in [-0.39, 0.29) is 29.2 Å². The van der Waals surface area contributed by atoms with E-state index in [9.17, 15) is 9.59 Å². The summed E-state index contributed by atoms with van der Waals surface area (Å²) in [5.74, 6) is 0.385. The van der Waals surface area contributed by atoms with Crippen LogP contribution < -0.4 is 10.9 Å². The number of rotatable bonds is 4. The van der Waals surface area contributed by atoms with Crippen molar-refractivity contribution in [2.45, 2.75) is 44.9 Å². The molecule has 0 spiro atoms. The molecule has 1 unspecified atom stereocenters. The molecule has 0 aromatic carbocycles. The molecular formula is C14H21N3O3S. The predicted molar refractivity (Wildman–Crippen MR) is 81.6 cm³/mol. The van der Waals surface area contributed by atoms with Gasteiger partial charge in [0.2, 0.25) is 0 Å². The molecule has 0 bridgehead atoms. The number of hydrogen-bond donors (Lipinski definition) is 2. The van der Waals surface area contributed by atoms with Gasteiger partial charge in [-0.2, -0.15) is 0 Å². The van der Waals surface area contributed by atoms with Crippen molar-refractivity contribution in [3.05, 3.63) is 22.1 Å². The zero-order chi connectivity index (χ0) is 15.6. The van der Waals surface area contributed by atoms with Crippen molar-refractivity contribution in [3.63, 3.8) is 0 Å². The molecular weight excluding hydrogens is 290 g/mol. The molecule has 2 heterocycles. The molecule has 0 saturated heterocycles. The lowest BCUT2D eigenvalue weighted by Gasteiger charge is -2.31. The van der Waals surface area contributed by atoms with Gasteiger partial charge in [-0.3, -0.25) is 14.2 Å². The topological polar surface area (TPSA) is 84.2 Å². The summed E-state index contributed by atoms with van der Waals surface area (Å²) in [7, 11) is 0. The van der Waals surface area contributed by atoms with Gasteiger partial charge in [0, 0.05) is 31.1 Å². The van der Waals surface area contributed by atoms with Crippen LogP contribution in [-0.2, 0) is 6.54 Å². The van der Waals surface area contributed by atoms with Crippen LogP contribution in [-0.4, -0.2) is 39.0 Å². The molecule has 7 heteroatoms. The van der Waals surface area contributed by atoms with Crippen molar-refractivity contribution in [3.8, 4) is 0 Å². The number of hydrogen-bond acceptors (Lipinski definition) is 5. The van der Waals surface area contributed by atoms with E-state index < -0.39 is 5.91 Å². The number of fused-ring (bicyclic) bond motifs is 1. The number of aliphatic hydroxyl groups is 1. The van der Waals surface area contributed by atoms with E-state index in [1.165, 1.54) is 22.5 Å². The first-order valence-electron chi connectivity index (χ1n) is 6.99. The average Bonchev–Trinajstić information content (AvgIpc) is 2.86. The number of aliphatic hydroxyl groups excluding tert-OH is 1. The Morgan fingerprint density at radius 2 is 2.29 bits per heavy atom. The molecule has 0 fully saturated rings. The van der Waals surface area contributed by atoms with Gasteiger partial charge in [-0.25, -0.2) is 4.98 Å². The number of thioether (sulfide) groups is 1. The van der Waals surface area contributed by atoms with Gasteiger partial charge in [0.1, 0.15) is 5.56 Å². The molecule has 1 aliphatic rings. The minimum absolute atomic E-state index is 0.0136. The normalized spacial score (nSPS) is 15.6. The molecule has 116 valence electrons. The van der Waals surface area contributed by atoms with Crippen molar-refractivity contribution >= 4 is 17.7 Å². The predicted octanol–water partition coefficient (Wildman–Crippen LogP) is 0.876. The van der Waals surface area contributed by atoms with Gasteiger partial charge in [0.05, 0.1) is 0 Å². The number of nitrogens with zero attached hydrogens (tertiary/aromatic N) is 2. The second-order valence-electron chi connectivity index (χ2n) is 6.16. The lowest BCUT2D eigenvalue weighted by molar-refractivity contribution is 0.0882. The van der Waals surface area contributed by atoms with Crippen LogP contribution in [0.15, 0.2) is 16.1 Å². The van der Waals surface area contributed by atoms with Crippen molar-refractivity contribution in [1.82, 2.24) is 14.9 Å². The fourth-order valence-electron chi connectivity index (χ4n) is 2.26. The summed E-state index contributed by atoms with van der Waals surface area (Å²) in [5.41, 5.74) is -0.429. The monoisotopic (exact) mass is 311 g/mol. The molecule has 1 atom stereocenters. The fourth-order valence-corrected chi connectivity index (χ4v) is 3.17. The smallest absolute Gasteiger partial charge is 0.267 e. The molecule has 1 aliphatic heterocycles. The summed E-state index contributed by atoms with van der Waals surface area (Å²) in [5, 5.41) is 12.6. The maximum Gasteiger partial charge on any atom is 0.267 e. The third kappa shape index (κ3) is 3.47. The maximum absolute atomic E-state index is 12.3. The van der Waals surface area contributed by atoms with E-state index in [1.807, 2.05) is 20.8 Å². The highest BCUT2D eigenvalue weighted by Crippen LogP contribution is 2.23. The van der Waals surface area contributed by atoms with Crippen LogP contribution in [0.1, 0.15) is 37.6 Å². The highest BCUT2D eigenvalue weighted by molar-refractivity contribution is 7.99. The first-order chi connectivity index (χ1) is 9.84. The standard InChI is InChI=1S/C14H21N3O3S/c1-14(2,3)10(4-6-18)16-11(19)9-8-15-13-17(12(9)20)5-7-21-13/h8,10,18H,4-7H2,1-3H3,(H,16,19). The van der Waals surface area contributed by atoms with Gasteiger partial charge in [0.15, 0.2) is 5.16 Å². The van der Waals surface area contributed by atoms with E-state index in [1.54, 1.807) is 0 Å². The van der Waals surface area contributed by atoms with Crippen molar-refractivity contribution < 1.29 is 9.90 Å². The Hall–Kier alpha value is -1.34. The third-order valence-corrected chi connectivity index (χ3v) is 4.54. The summed E-state index contributed by atoms with van der Waals surface area (Å²) in [6, 6.07) is -0.206. The fraction of sp³-hybridized carbons (Fsp3) is 0.643. The van der Waals surface area contributed by atoms with Crippen molar-refractivity contribution in [2.75, 3.05) is 12.4 Å². The summed E-state index contributed by atoms with van der Waals surface area (Å²) in [6.45, 7) is 6.53. The number of amides is 1. The van der Waals surface area contributed by atoms with Crippen LogP contribution in [0.25, 0.3) is 0 Å². The van der Waals surface area contributed by atoms with Crippen LogP contribution in [0.5, 0.6) is 0 Å². The van der Waals surface area contributed by atoms with Gasteiger partial charge in [0.25, 0.3) is 11.5 Å². The molecule has 0 radical (unpaired) electrons. The average molecular weight is 311 g/mol. The lowest BCUT2D eigenvalue weighted by Crippen LogP contribution is -2.46. The summed E-state index contributed by atoms with van der Waals surface area (Å²) in [6.07, 6.45) is 1.80. The zero-order valence-electron chi connectivity index (χ0n) is 12.5. The van der Waals surface area contributed by atoms with E-state index in [2.05, 4.69) is 10.3 Å². The van der Waals surface area contributed by atoms with E-state index in [0.717, 1.165) is 5.75 Å². The Bertz CT molecular complexity index is 592. The molecule has 0 aliphatic carbocycles. The Balaban J connectivity index is 2.23. The molecule has 1 aromatic heterocycles. The maximum atomic E-state index is 12.3. The first-order valence-corrected chi connectivity index (χ1v) is 7.97. The molecule has 0 saturated carbocycles. The second-order valence-corrected chi connectivity index (χ2v) is 7.23. The number of carbonyl (C=O) groups is 1. The molecule has 2 N–H and O–H groups in total. The zero-order valence-corrected chi connectivity index (χ0v) is 13.4. The minimum atomic E-state index is -0.423. The molecule has 2 rings (SSSR count). The summed E-state index contributed by atoms with van der Waals surface area (Å²) < 4.78 is 1.54. The number of aromatic nitrogens is 2. The number of nitrogens with one attached hydrogen (secondary N) is 1. The molecule has 1 aromatic rings. The first kappa shape index (κ1) is 16.0. The van der Waals surface area contributed by atoms with Crippen LogP contribution in [0, 0.1) is 5.41 Å². The molecule has 21 heavy (non-hydrogen) atoms. The van der Waals surface area contributed by atoms with E-state index in [4.69, 9.17) is 5.11 Å². The minimum Gasteiger partial charge on any atom is -0.396 e. The lowest BCUT2D eigenvalue weighted by atomic mass is 9.85. The van der Waals surface area contributed by atoms with Crippen LogP contribution in [0.3, 0.4) is 0 Å². The van der Waals surface area contributed by atoms with Gasteiger partial charge in [-0.05, 0) is 11.8 Å². The van der Waals surface area contributed by atoms with Gasteiger partial charge >= 0.3 is 0 Å². The molecule has 1 amide bonds. The van der Waals surface area contributed by atoms with Gasteiger partial charge in [-0.15, -0.1) is 0 Å². The Morgan fingerprint density at radius 3 is 2.90 bits per heavy atom. The largest absolute Gasteiger partial charge is 0.396 e. The SMILES string of the molecule is CC(C)(C)C(CCO)NC(=O)c1cnc2n(c1=O)CCS2. The van der Waals surface area contributed by atoms with Gasteiger partial charge in [-0.1, -0.05) is 32.5 Å². The van der Waals surface area contributed by atoms with Gasteiger partial charge < -0.3 is 10.4 Å². The highest BCUT2D eigenvalue weighted by atomic mass is 32.2. The van der Waals surface area contributed by atoms with Crippen molar-refractivity contribution in [2.24, 2.45) is 5.41 Å². The Kier molecular flexibility index (Phi) is 4.73. The van der Waals surface area contributed by atoms with Crippen LogP contribution in [0.4, 0.5) is 0 Å². The summed E-state index contributed by atoms with van der Waals surface area (Å²) in [4.78, 5) is 28.8. The third-order valence-electron chi connectivity index (χ3n) is 3.57. The quantitative estimate of drug-likeness (QED) is 0.806. The van der Waals surface area contributed by atoms with Crippen LogP contribution >= 0.6 is 11.8 Å². The van der Waals surface area contributed by atoms with Crippen LogP contribution in [0.2, 0.25) is 0 Å². The highest BCUT2D eigenvalue weighted by Gasteiger charge is 2.28. The second kappa shape index (κ2) is 6.19. The molecule has 6 nitrogen and oxygen atoms in total. The van der Waals surface area contributed by atoms with E-state index >= 15 is 0 Å². The van der Waals surface area contributed by atoms with Crippen molar-refractivity contribution in [1.29, 1.82) is 0 Å². The Labute approximate surface area is 128 Å². The van der Waals surface area contributed by atoms with E-state index in [0.29, 0.717) is 18.1 Å². The Morgan fingerprint density at radius 1 is 1.57 bits per heavy atom. The summed E-state index contributed by atoms with van der Waals surface area (Å²) >= 11 is 1.52. The number of carbonyl (C=O) groups excluding carboxylic acids is 1.